The van der Waals surface area contributed by atoms with Gasteiger partial charge >= 0.3 is 0 Å². The SMILES string of the molecule is c1ccc(N(c2ccccc2)c2ccc3c(c2)-c2ccccc2C32c3ccccc3-c3c2cc(N(c2ccccc2)c2cccc4c2-c2ccccc2C4(c2ccccc2)c2ccccc2)c2ccccc32)cc1. The summed E-state index contributed by atoms with van der Waals surface area (Å²) in [6.45, 7) is 0. The number of nitrogens with zero attached hydrogens (tertiary/aromatic N) is 2. The molecule has 12 aromatic carbocycles. The number of para-hydroxylation sites is 3. The Morgan fingerprint density at radius 2 is 0.649 bits per heavy atom. The number of anilines is 6. The van der Waals surface area contributed by atoms with Crippen LogP contribution in [-0.4, -0.2) is 0 Å². The molecule has 0 saturated heterocycles. The molecule has 0 saturated carbocycles. The fraction of sp³-hybridized carbons (Fsp3) is 0.0278. The zero-order chi connectivity index (χ0) is 48.8. The van der Waals surface area contributed by atoms with Crippen molar-refractivity contribution in [2.75, 3.05) is 9.80 Å². The molecule has 2 heteroatoms. The van der Waals surface area contributed by atoms with E-state index < -0.39 is 10.8 Å². The molecule has 15 rings (SSSR count). The van der Waals surface area contributed by atoms with E-state index in [1.807, 2.05) is 0 Å². The lowest BCUT2D eigenvalue weighted by Gasteiger charge is -2.35. The third kappa shape index (κ3) is 5.82. The van der Waals surface area contributed by atoms with Crippen LogP contribution in [-0.2, 0) is 10.8 Å². The van der Waals surface area contributed by atoms with E-state index in [4.69, 9.17) is 0 Å². The average Bonchev–Trinajstić information content (AvgIpc) is 4.11. The average molecular weight is 941 g/mol. The zero-order valence-corrected chi connectivity index (χ0v) is 40.6. The lowest BCUT2D eigenvalue weighted by molar-refractivity contribution is 0.768. The van der Waals surface area contributed by atoms with Crippen molar-refractivity contribution >= 4 is 44.9 Å². The first-order chi connectivity index (χ1) is 36.8. The number of hydrogen-bond acceptors (Lipinski definition) is 2. The number of fused-ring (bicyclic) bond motifs is 15. The summed E-state index contributed by atoms with van der Waals surface area (Å²) in [5.41, 5.74) is 23.4. The van der Waals surface area contributed by atoms with Crippen molar-refractivity contribution in [2.45, 2.75) is 10.8 Å². The van der Waals surface area contributed by atoms with Gasteiger partial charge in [0.05, 0.1) is 22.2 Å². The Hall–Kier alpha value is -9.50. The van der Waals surface area contributed by atoms with Crippen molar-refractivity contribution in [3.05, 3.63) is 336 Å². The molecule has 3 aliphatic carbocycles. The molecule has 0 N–H and O–H groups in total. The molecule has 0 aliphatic heterocycles. The first-order valence-electron chi connectivity index (χ1n) is 25.8. The van der Waals surface area contributed by atoms with Crippen LogP contribution in [0.1, 0.15) is 44.5 Å². The van der Waals surface area contributed by atoms with Crippen LogP contribution >= 0.6 is 0 Å². The van der Waals surface area contributed by atoms with Gasteiger partial charge in [-0.1, -0.05) is 231 Å². The minimum atomic E-state index is -0.608. The van der Waals surface area contributed by atoms with Gasteiger partial charge in [0, 0.05) is 33.7 Å². The highest BCUT2D eigenvalue weighted by molar-refractivity contribution is 6.13. The van der Waals surface area contributed by atoms with Crippen LogP contribution in [0.5, 0.6) is 0 Å². The van der Waals surface area contributed by atoms with Gasteiger partial charge in [0.1, 0.15) is 0 Å². The van der Waals surface area contributed by atoms with Gasteiger partial charge in [0.25, 0.3) is 0 Å². The van der Waals surface area contributed by atoms with E-state index in [1.165, 1.54) is 88.7 Å². The third-order valence-electron chi connectivity index (χ3n) is 16.3. The molecular formula is C72H48N2. The van der Waals surface area contributed by atoms with Gasteiger partial charge in [-0.2, -0.15) is 0 Å². The number of hydrogen-bond donors (Lipinski definition) is 0. The molecule has 1 spiro atoms. The maximum atomic E-state index is 2.58. The van der Waals surface area contributed by atoms with Crippen LogP contribution in [0.4, 0.5) is 34.1 Å². The van der Waals surface area contributed by atoms with Gasteiger partial charge < -0.3 is 9.80 Å². The molecule has 0 heterocycles. The fourth-order valence-corrected chi connectivity index (χ4v) is 13.5. The smallest absolute Gasteiger partial charge is 0.0726 e. The molecular weight excluding hydrogens is 893 g/mol. The second-order valence-electron chi connectivity index (χ2n) is 19.8. The van der Waals surface area contributed by atoms with Gasteiger partial charge in [0.2, 0.25) is 0 Å². The van der Waals surface area contributed by atoms with E-state index in [1.54, 1.807) is 0 Å². The second kappa shape index (κ2) is 16.5. The molecule has 0 bridgehead atoms. The fourth-order valence-electron chi connectivity index (χ4n) is 13.5. The summed E-state index contributed by atoms with van der Waals surface area (Å²) in [5, 5.41) is 2.44. The first-order valence-corrected chi connectivity index (χ1v) is 25.8. The summed E-state index contributed by atoms with van der Waals surface area (Å²) in [5.74, 6) is 0. The van der Waals surface area contributed by atoms with E-state index >= 15 is 0 Å². The largest absolute Gasteiger partial charge is 0.310 e. The Kier molecular flexibility index (Phi) is 9.43. The standard InChI is InChI=1S/C72H48N2/c1-6-25-49(26-7-1)71(50-27-8-2-9-28-50)62-41-22-20-39-59(62)70-65(71)43-24-44-67(70)74(53-33-14-5-15-34-53)68-48-66-69(57-37-17-16-36-56(57)68)58-38-19-23-42-63(58)72(66)61-40-21-18-35-55(61)60-47-54(45-46-64(60)72)73(51-29-10-3-11-30-51)52-31-12-4-13-32-52/h1-48H. The highest BCUT2D eigenvalue weighted by Gasteiger charge is 2.53. The van der Waals surface area contributed by atoms with Crippen molar-refractivity contribution < 1.29 is 0 Å². The Morgan fingerprint density at radius 3 is 1.24 bits per heavy atom. The van der Waals surface area contributed by atoms with Crippen LogP contribution in [0.3, 0.4) is 0 Å². The Labute approximate surface area is 432 Å². The molecule has 1 atom stereocenters. The lowest BCUT2D eigenvalue weighted by atomic mass is 9.68. The summed E-state index contributed by atoms with van der Waals surface area (Å²) < 4.78 is 0. The number of benzene rings is 12. The molecule has 1 unspecified atom stereocenters. The predicted molar refractivity (Wildman–Crippen MR) is 307 cm³/mol. The van der Waals surface area contributed by atoms with Gasteiger partial charge in [-0.3, -0.25) is 0 Å². The van der Waals surface area contributed by atoms with Crippen LogP contribution < -0.4 is 9.80 Å². The topological polar surface area (TPSA) is 6.48 Å². The molecule has 346 valence electrons. The summed E-state index contributed by atoms with van der Waals surface area (Å²) in [7, 11) is 0. The van der Waals surface area contributed by atoms with Gasteiger partial charge in [-0.05, 0) is 138 Å². The Bertz CT molecular complexity index is 4050. The summed E-state index contributed by atoms with van der Waals surface area (Å²) >= 11 is 0. The maximum Gasteiger partial charge on any atom is 0.0726 e. The van der Waals surface area contributed by atoms with E-state index in [-0.39, 0.29) is 0 Å². The van der Waals surface area contributed by atoms with Crippen LogP contribution in [0.25, 0.3) is 44.2 Å². The van der Waals surface area contributed by atoms with Crippen molar-refractivity contribution in [2.24, 2.45) is 0 Å². The summed E-state index contributed by atoms with van der Waals surface area (Å²) in [6.07, 6.45) is 0. The highest BCUT2D eigenvalue weighted by Crippen LogP contribution is 2.66. The molecule has 12 aromatic rings. The summed E-state index contributed by atoms with van der Waals surface area (Å²) in [4.78, 5) is 4.96. The highest BCUT2D eigenvalue weighted by atomic mass is 15.2. The van der Waals surface area contributed by atoms with Crippen molar-refractivity contribution in [1.82, 2.24) is 0 Å². The Morgan fingerprint density at radius 1 is 0.216 bits per heavy atom. The molecule has 0 radical (unpaired) electrons. The zero-order valence-electron chi connectivity index (χ0n) is 40.6. The second-order valence-corrected chi connectivity index (χ2v) is 19.8. The van der Waals surface area contributed by atoms with Crippen molar-refractivity contribution in [3.8, 4) is 33.4 Å². The minimum Gasteiger partial charge on any atom is -0.310 e. The van der Waals surface area contributed by atoms with Crippen molar-refractivity contribution in [3.63, 3.8) is 0 Å². The molecule has 2 nitrogen and oxygen atoms in total. The van der Waals surface area contributed by atoms with Crippen LogP contribution in [0.15, 0.2) is 291 Å². The van der Waals surface area contributed by atoms with Gasteiger partial charge in [-0.25, -0.2) is 0 Å². The minimum absolute atomic E-state index is 0.550. The third-order valence-corrected chi connectivity index (χ3v) is 16.3. The van der Waals surface area contributed by atoms with Crippen LogP contribution in [0.2, 0.25) is 0 Å². The quantitative estimate of drug-likeness (QED) is 0.150. The molecule has 74 heavy (non-hydrogen) atoms. The van der Waals surface area contributed by atoms with Crippen LogP contribution in [0, 0.1) is 0 Å². The monoisotopic (exact) mass is 940 g/mol. The normalized spacial score (nSPS) is 14.9. The lowest BCUT2D eigenvalue weighted by Crippen LogP contribution is -2.28. The van der Waals surface area contributed by atoms with E-state index in [9.17, 15) is 0 Å². The van der Waals surface area contributed by atoms with Gasteiger partial charge in [0.15, 0.2) is 0 Å². The predicted octanol–water partition coefficient (Wildman–Crippen LogP) is 18.5. The first kappa shape index (κ1) is 42.2. The maximum absolute atomic E-state index is 2.58. The van der Waals surface area contributed by atoms with E-state index in [0.29, 0.717) is 0 Å². The molecule has 0 amide bonds. The van der Waals surface area contributed by atoms with E-state index in [0.717, 1.165) is 34.1 Å². The van der Waals surface area contributed by atoms with Crippen molar-refractivity contribution in [1.29, 1.82) is 0 Å². The summed E-state index contributed by atoms with van der Waals surface area (Å²) in [6, 6.07) is 108. The number of rotatable bonds is 8. The Balaban J connectivity index is 1.03. The van der Waals surface area contributed by atoms with E-state index in [2.05, 4.69) is 301 Å². The van der Waals surface area contributed by atoms with Gasteiger partial charge in [-0.15, -0.1) is 0 Å². The molecule has 0 fully saturated rings. The molecule has 3 aliphatic rings. The molecule has 0 aromatic heterocycles.